The molecule has 1 unspecified atom stereocenters. The number of nitrogens with zero attached hydrogens (tertiary/aromatic N) is 3. The monoisotopic (exact) mass is 543 g/mol. The fourth-order valence-corrected chi connectivity index (χ4v) is 7.39. The Morgan fingerprint density at radius 1 is 1.17 bits per heavy atom. The average Bonchev–Trinajstić information content (AvgIpc) is 3.36. The molecule has 0 spiro atoms. The molecule has 1 aliphatic heterocycles. The van der Waals surface area contributed by atoms with E-state index in [0.717, 1.165) is 22.7 Å². The summed E-state index contributed by atoms with van der Waals surface area (Å²) >= 11 is -0.910. The highest BCUT2D eigenvalue weighted by Crippen LogP contribution is 2.43. The van der Waals surface area contributed by atoms with Crippen LogP contribution in [0.3, 0.4) is 0 Å². The third-order valence-electron chi connectivity index (χ3n) is 5.73. The third-order valence-corrected chi connectivity index (χ3v) is 10.0. The summed E-state index contributed by atoms with van der Waals surface area (Å²) < 4.78 is 53.5. The van der Waals surface area contributed by atoms with Crippen LogP contribution in [0.15, 0.2) is 23.5 Å². The molecule has 0 bridgehead atoms. The molecule has 1 aliphatic rings. The topological polar surface area (TPSA) is 137 Å². The number of sulfonamides is 1. The van der Waals surface area contributed by atoms with Crippen LogP contribution >= 0.6 is 11.3 Å². The SMILES string of the molecule is CCN(CC)S(=O)(=O)c1sc(C)c(NC2=NS(=O)N=C2N[C@@H](c2cc(C)c(C)o2)C(C)(C)C)c1O. The van der Waals surface area contributed by atoms with Crippen molar-refractivity contribution in [1.82, 2.24) is 9.62 Å². The van der Waals surface area contributed by atoms with Crippen molar-refractivity contribution in [3.8, 4) is 5.75 Å². The van der Waals surface area contributed by atoms with Gasteiger partial charge in [0.25, 0.3) is 21.2 Å². The second-order valence-corrected chi connectivity index (χ2v) is 13.5. The smallest absolute Gasteiger partial charge is 0.269 e. The molecule has 0 aliphatic carbocycles. The standard InChI is InChI=1S/C22H33N5O5S3/c1-9-27(10-2)35(30,31)21-17(28)16(14(5)33-21)23-19-20(26-34(29)25-19)24-18(22(6,7)8)15-11-12(3)13(4)32-15/h11,18,28H,9-10H2,1-8H3,(H,23,25)(H,24,26)/t18-,34?/m0/s1. The zero-order valence-electron chi connectivity index (χ0n) is 21.2. The van der Waals surface area contributed by atoms with Gasteiger partial charge in [-0.1, -0.05) is 34.6 Å². The van der Waals surface area contributed by atoms with Crippen molar-refractivity contribution in [2.45, 2.75) is 65.6 Å². The highest BCUT2D eigenvalue weighted by molar-refractivity contribution is 7.91. The number of hydrogen-bond acceptors (Lipinski definition) is 8. The minimum atomic E-state index is -3.86. The van der Waals surface area contributed by atoms with Crippen LogP contribution < -0.4 is 10.6 Å². The number of furan rings is 1. The molecule has 0 saturated carbocycles. The summed E-state index contributed by atoms with van der Waals surface area (Å²) in [5.74, 6) is 1.48. The van der Waals surface area contributed by atoms with E-state index in [2.05, 4.69) is 19.4 Å². The molecule has 3 N–H and O–H groups in total. The lowest BCUT2D eigenvalue weighted by molar-refractivity contribution is 0.261. The van der Waals surface area contributed by atoms with E-state index in [1.54, 1.807) is 20.8 Å². The number of amidine groups is 2. The molecule has 0 fully saturated rings. The molecule has 0 radical (unpaired) electrons. The Morgan fingerprint density at radius 3 is 2.29 bits per heavy atom. The predicted molar refractivity (Wildman–Crippen MR) is 141 cm³/mol. The molecule has 10 nitrogen and oxygen atoms in total. The minimum Gasteiger partial charge on any atom is -0.504 e. The molecule has 3 rings (SSSR count). The van der Waals surface area contributed by atoms with Crippen LogP contribution in [0.4, 0.5) is 5.69 Å². The predicted octanol–water partition coefficient (Wildman–Crippen LogP) is 4.18. The number of aromatic hydroxyl groups is 1. The maximum absolute atomic E-state index is 13.0. The number of thiophene rings is 1. The van der Waals surface area contributed by atoms with Crippen molar-refractivity contribution in [2.24, 2.45) is 14.2 Å². The van der Waals surface area contributed by atoms with Crippen LogP contribution in [0.5, 0.6) is 5.75 Å². The molecular weight excluding hydrogens is 510 g/mol. The molecule has 35 heavy (non-hydrogen) atoms. The second kappa shape index (κ2) is 10.0. The van der Waals surface area contributed by atoms with E-state index in [-0.39, 0.29) is 46.1 Å². The molecule has 0 aromatic carbocycles. The van der Waals surface area contributed by atoms with Gasteiger partial charge in [-0.15, -0.1) is 20.1 Å². The van der Waals surface area contributed by atoms with E-state index in [1.165, 1.54) is 4.31 Å². The van der Waals surface area contributed by atoms with Crippen molar-refractivity contribution >= 4 is 49.9 Å². The Labute approximate surface area is 213 Å². The first-order valence-corrected chi connectivity index (χ1v) is 14.5. The Morgan fingerprint density at radius 2 is 1.77 bits per heavy atom. The number of nitrogens with one attached hydrogen (secondary N) is 2. The van der Waals surface area contributed by atoms with Crippen molar-refractivity contribution < 1.29 is 22.2 Å². The quantitative estimate of drug-likeness (QED) is 0.476. The van der Waals surface area contributed by atoms with Gasteiger partial charge in [0.2, 0.25) is 0 Å². The largest absolute Gasteiger partial charge is 0.504 e. The Kier molecular flexibility index (Phi) is 7.85. The van der Waals surface area contributed by atoms with Crippen LogP contribution in [-0.2, 0) is 21.2 Å². The molecule has 3 heterocycles. The summed E-state index contributed by atoms with van der Waals surface area (Å²) in [6.07, 6.45) is 0. The summed E-state index contributed by atoms with van der Waals surface area (Å²) in [5.41, 5.74) is 0.894. The number of anilines is 1. The summed E-state index contributed by atoms with van der Waals surface area (Å²) in [6.45, 7) is 15.7. The lowest BCUT2D eigenvalue weighted by Crippen LogP contribution is -2.41. The van der Waals surface area contributed by atoms with Crippen molar-refractivity contribution in [3.05, 3.63) is 28.0 Å². The van der Waals surface area contributed by atoms with Crippen molar-refractivity contribution in [1.29, 1.82) is 0 Å². The lowest BCUT2D eigenvalue weighted by Gasteiger charge is -2.30. The minimum absolute atomic E-state index is 0.139. The number of aryl methyl sites for hydroxylation is 3. The summed E-state index contributed by atoms with van der Waals surface area (Å²) in [7, 11) is -3.86. The average molecular weight is 544 g/mol. The van der Waals surface area contributed by atoms with Gasteiger partial charge < -0.3 is 20.2 Å². The van der Waals surface area contributed by atoms with Gasteiger partial charge in [-0.25, -0.2) is 12.6 Å². The van der Waals surface area contributed by atoms with Gasteiger partial charge in [0.15, 0.2) is 21.6 Å². The first kappa shape index (κ1) is 27.4. The third kappa shape index (κ3) is 5.47. The normalized spacial score (nSPS) is 17.5. The van der Waals surface area contributed by atoms with Crippen LogP contribution in [0.2, 0.25) is 0 Å². The van der Waals surface area contributed by atoms with Gasteiger partial charge in [0.05, 0.1) is 11.7 Å². The Bertz CT molecular complexity index is 1280. The van der Waals surface area contributed by atoms with Crippen LogP contribution in [0.25, 0.3) is 0 Å². The van der Waals surface area contributed by atoms with Gasteiger partial charge in [0.1, 0.15) is 11.5 Å². The molecule has 2 aromatic rings. The number of hydrogen-bond donors (Lipinski definition) is 3. The van der Waals surface area contributed by atoms with E-state index >= 15 is 0 Å². The fraction of sp³-hybridized carbons (Fsp3) is 0.545. The molecule has 194 valence electrons. The zero-order chi connectivity index (χ0) is 26.3. The van der Waals surface area contributed by atoms with Gasteiger partial charge in [0, 0.05) is 18.0 Å². The van der Waals surface area contributed by atoms with Crippen LogP contribution in [0, 0.1) is 26.2 Å². The van der Waals surface area contributed by atoms with Crippen LogP contribution in [0.1, 0.15) is 62.6 Å². The van der Waals surface area contributed by atoms with E-state index in [0.29, 0.717) is 10.6 Å². The molecule has 0 amide bonds. The van der Waals surface area contributed by atoms with E-state index in [4.69, 9.17) is 4.42 Å². The number of rotatable bonds is 7. The lowest BCUT2D eigenvalue weighted by atomic mass is 9.85. The summed E-state index contributed by atoms with van der Waals surface area (Å²) in [6, 6.07) is 1.63. The maximum Gasteiger partial charge on any atom is 0.269 e. The van der Waals surface area contributed by atoms with E-state index < -0.39 is 26.9 Å². The van der Waals surface area contributed by atoms with Gasteiger partial charge >= 0.3 is 0 Å². The second-order valence-electron chi connectivity index (χ2n) is 9.33. The zero-order valence-corrected chi connectivity index (χ0v) is 23.7. The van der Waals surface area contributed by atoms with Crippen LogP contribution in [-0.4, -0.2) is 46.8 Å². The molecular formula is C22H33N5O5S3. The van der Waals surface area contributed by atoms with Gasteiger partial charge in [-0.2, -0.15) is 4.31 Å². The van der Waals surface area contributed by atoms with Crippen molar-refractivity contribution in [2.75, 3.05) is 18.4 Å². The highest BCUT2D eigenvalue weighted by atomic mass is 32.2. The first-order chi connectivity index (χ1) is 16.2. The Hall–Kier alpha value is -2.22. The molecule has 2 aromatic heterocycles. The van der Waals surface area contributed by atoms with Gasteiger partial charge in [-0.05, 0) is 37.8 Å². The van der Waals surface area contributed by atoms with E-state index in [1.807, 2.05) is 40.7 Å². The summed E-state index contributed by atoms with van der Waals surface area (Å²) in [5, 5.41) is 17.1. The Balaban J connectivity index is 1.94. The highest BCUT2D eigenvalue weighted by Gasteiger charge is 2.35. The molecule has 2 atom stereocenters. The maximum atomic E-state index is 13.0. The molecule has 0 saturated heterocycles. The molecule has 13 heteroatoms. The first-order valence-electron chi connectivity index (χ1n) is 11.2. The summed E-state index contributed by atoms with van der Waals surface area (Å²) in [4.78, 5) is 0.539. The van der Waals surface area contributed by atoms with Crippen molar-refractivity contribution in [3.63, 3.8) is 0 Å². The van der Waals surface area contributed by atoms with Gasteiger partial charge in [-0.3, -0.25) is 0 Å². The fourth-order valence-electron chi connectivity index (χ4n) is 3.66. The van der Waals surface area contributed by atoms with E-state index in [9.17, 15) is 17.7 Å².